The fourth-order valence-corrected chi connectivity index (χ4v) is 3.10. The summed E-state index contributed by atoms with van der Waals surface area (Å²) >= 11 is 0. The highest BCUT2D eigenvalue weighted by atomic mass is 79.9. The Morgan fingerprint density at radius 1 is 1.24 bits per heavy atom. The molecule has 0 aliphatic carbocycles. The summed E-state index contributed by atoms with van der Waals surface area (Å²) in [5.41, 5.74) is -1.67. The van der Waals surface area contributed by atoms with Gasteiger partial charge in [-0.1, -0.05) is 6.92 Å². The van der Waals surface area contributed by atoms with E-state index in [0.717, 1.165) is 6.07 Å². The number of hydrogen-bond donors (Lipinski definition) is 4. The maximum absolute atomic E-state index is 11.5. The molecule has 0 saturated heterocycles. The van der Waals surface area contributed by atoms with Crippen molar-refractivity contribution in [2.24, 2.45) is 0 Å². The van der Waals surface area contributed by atoms with Gasteiger partial charge >= 0.3 is 18.7 Å². The van der Waals surface area contributed by atoms with E-state index in [-0.39, 0.29) is 52.4 Å². The van der Waals surface area contributed by atoms with Crippen LogP contribution in [0.2, 0.25) is 0 Å². The number of H-pyrrole nitrogens is 2. The van der Waals surface area contributed by atoms with Crippen LogP contribution in [-0.2, 0) is 11.1 Å². The first kappa shape index (κ1) is 21.2. The molecule has 1 aromatic carbocycles. The van der Waals surface area contributed by atoms with Crippen molar-refractivity contribution in [3.8, 4) is 0 Å². The van der Waals surface area contributed by atoms with E-state index in [0.29, 0.717) is 0 Å². The zero-order chi connectivity index (χ0) is 18.1. The number of rotatable bonds is 6. The molecule has 2 rings (SSSR count). The zero-order valence-corrected chi connectivity index (χ0v) is 15.6. The molecular weight excluding hydrogens is 423 g/mol. The lowest BCUT2D eigenvalue weighted by Gasteiger charge is -2.21. The third kappa shape index (κ3) is 5.31. The van der Waals surface area contributed by atoms with Crippen molar-refractivity contribution in [2.75, 3.05) is 12.8 Å². The highest BCUT2D eigenvalue weighted by Crippen LogP contribution is 2.35. The van der Waals surface area contributed by atoms with Crippen LogP contribution >= 0.6 is 24.6 Å². The third-order valence-electron chi connectivity index (χ3n) is 3.33. The van der Waals surface area contributed by atoms with E-state index in [2.05, 4.69) is 9.97 Å². The molecule has 0 atom stereocenters. The quantitative estimate of drug-likeness (QED) is 0.220. The first-order chi connectivity index (χ1) is 11.1. The standard InChI is InChI=1S/C12H15N4O7P.BrH/c1-2-15(6-24(21,22)23)5-7-3-8(16(19)20)4-9-10(7)14-12(18)11(17)13-9;/h3-4H,2,5-6H2,1H3,(H,13,17)(H,14,18)(H2,21,22,23);1H. The molecule has 4 N–H and O–H groups in total. The van der Waals surface area contributed by atoms with Crippen molar-refractivity contribution in [1.82, 2.24) is 14.9 Å². The van der Waals surface area contributed by atoms with Crippen LogP contribution in [-0.4, -0.2) is 42.4 Å². The number of aromatic nitrogens is 2. The highest BCUT2D eigenvalue weighted by Gasteiger charge is 2.21. The summed E-state index contributed by atoms with van der Waals surface area (Å²) in [5, 5.41) is 11.0. The fraction of sp³-hybridized carbons (Fsp3) is 0.333. The predicted octanol–water partition coefficient (Wildman–Crippen LogP) is 0.660. The lowest BCUT2D eigenvalue weighted by Crippen LogP contribution is -2.30. The third-order valence-corrected chi connectivity index (χ3v) is 4.10. The number of halogens is 1. The number of aromatic amines is 2. The summed E-state index contributed by atoms with van der Waals surface area (Å²) in [6, 6.07) is 2.30. The number of nitro benzene ring substituents is 1. The van der Waals surface area contributed by atoms with Crippen LogP contribution in [0, 0.1) is 10.1 Å². The number of nitrogens with zero attached hydrogens (tertiary/aromatic N) is 2. The van der Waals surface area contributed by atoms with Crippen molar-refractivity contribution in [3.05, 3.63) is 48.5 Å². The average Bonchev–Trinajstić information content (AvgIpc) is 2.46. The maximum Gasteiger partial charge on any atom is 0.339 e. The summed E-state index contributed by atoms with van der Waals surface area (Å²) in [6.45, 7) is 1.88. The summed E-state index contributed by atoms with van der Waals surface area (Å²) in [5.74, 6) is 0. The zero-order valence-electron chi connectivity index (χ0n) is 13.0. The lowest BCUT2D eigenvalue weighted by atomic mass is 10.1. The Hall–Kier alpha value is -1.85. The Labute approximate surface area is 150 Å². The van der Waals surface area contributed by atoms with Gasteiger partial charge in [0.25, 0.3) is 5.69 Å². The van der Waals surface area contributed by atoms with E-state index < -0.39 is 29.9 Å². The molecule has 1 heterocycles. The van der Waals surface area contributed by atoms with Crippen LogP contribution in [0.4, 0.5) is 5.69 Å². The van der Waals surface area contributed by atoms with Gasteiger partial charge in [0.2, 0.25) is 0 Å². The van der Waals surface area contributed by atoms with Crippen LogP contribution < -0.4 is 11.1 Å². The van der Waals surface area contributed by atoms with E-state index >= 15 is 0 Å². The van der Waals surface area contributed by atoms with Gasteiger partial charge in [0.15, 0.2) is 0 Å². The van der Waals surface area contributed by atoms with Gasteiger partial charge in [0, 0.05) is 18.7 Å². The molecule has 0 amide bonds. The fourth-order valence-electron chi connectivity index (χ4n) is 2.27. The van der Waals surface area contributed by atoms with Crippen molar-refractivity contribution >= 4 is 41.3 Å². The SMILES string of the molecule is Br.CCN(Cc1cc([N+](=O)[O-])cc2[nH]c(=O)c(=O)[nH]c12)CP(=O)(O)O. The minimum atomic E-state index is -4.32. The number of non-ortho nitro benzene ring substituents is 1. The van der Waals surface area contributed by atoms with Crippen LogP contribution in [0.1, 0.15) is 12.5 Å². The van der Waals surface area contributed by atoms with Crippen molar-refractivity contribution in [3.63, 3.8) is 0 Å². The van der Waals surface area contributed by atoms with Crippen molar-refractivity contribution < 1.29 is 19.3 Å². The smallest absolute Gasteiger partial charge is 0.324 e. The van der Waals surface area contributed by atoms with Crippen LogP contribution in [0.15, 0.2) is 21.7 Å². The van der Waals surface area contributed by atoms with E-state index in [1.807, 2.05) is 0 Å². The molecule has 13 heteroatoms. The Bertz CT molecular complexity index is 951. The first-order valence-corrected chi connectivity index (χ1v) is 8.61. The van der Waals surface area contributed by atoms with Gasteiger partial charge < -0.3 is 19.8 Å². The number of benzene rings is 1. The molecule has 1 aromatic heterocycles. The van der Waals surface area contributed by atoms with Gasteiger partial charge in [0.05, 0.1) is 16.0 Å². The van der Waals surface area contributed by atoms with E-state index in [4.69, 9.17) is 9.79 Å². The predicted molar refractivity (Wildman–Crippen MR) is 95.2 cm³/mol. The molecular formula is C12H16BrN4O7P. The monoisotopic (exact) mass is 438 g/mol. The molecule has 0 unspecified atom stereocenters. The largest absolute Gasteiger partial charge is 0.339 e. The Morgan fingerprint density at radius 2 is 1.84 bits per heavy atom. The summed E-state index contributed by atoms with van der Waals surface area (Å²) in [4.78, 5) is 57.5. The number of nitrogens with one attached hydrogen (secondary N) is 2. The molecule has 0 spiro atoms. The second-order valence-corrected chi connectivity index (χ2v) is 6.76. The molecule has 0 aliphatic rings. The van der Waals surface area contributed by atoms with Crippen LogP contribution in [0.3, 0.4) is 0 Å². The first-order valence-electron chi connectivity index (χ1n) is 6.81. The minimum Gasteiger partial charge on any atom is -0.324 e. The van der Waals surface area contributed by atoms with Gasteiger partial charge in [-0.3, -0.25) is 29.2 Å². The maximum atomic E-state index is 11.5. The Morgan fingerprint density at radius 3 is 2.36 bits per heavy atom. The molecule has 25 heavy (non-hydrogen) atoms. The highest BCUT2D eigenvalue weighted by molar-refractivity contribution is 8.93. The number of fused-ring (bicyclic) bond motifs is 1. The van der Waals surface area contributed by atoms with Gasteiger partial charge in [-0.2, -0.15) is 0 Å². The normalized spacial score (nSPS) is 11.5. The van der Waals surface area contributed by atoms with E-state index in [9.17, 15) is 24.3 Å². The minimum absolute atomic E-state index is 0. The van der Waals surface area contributed by atoms with Crippen molar-refractivity contribution in [1.29, 1.82) is 0 Å². The number of nitro groups is 1. The molecule has 138 valence electrons. The van der Waals surface area contributed by atoms with E-state index in [1.165, 1.54) is 11.0 Å². The van der Waals surface area contributed by atoms with Gasteiger partial charge in [0.1, 0.15) is 6.29 Å². The van der Waals surface area contributed by atoms with Gasteiger partial charge in [-0.15, -0.1) is 17.0 Å². The Balaban J connectivity index is 0.00000312. The molecule has 11 nitrogen and oxygen atoms in total. The average molecular weight is 439 g/mol. The molecule has 0 saturated carbocycles. The van der Waals surface area contributed by atoms with Crippen LogP contribution in [0.5, 0.6) is 0 Å². The summed E-state index contributed by atoms with van der Waals surface area (Å²) in [6.07, 6.45) is -0.540. The number of hydrogen-bond acceptors (Lipinski definition) is 6. The molecule has 0 aliphatic heterocycles. The summed E-state index contributed by atoms with van der Waals surface area (Å²) in [7, 11) is -4.32. The molecule has 0 radical (unpaired) electrons. The molecule has 2 aromatic rings. The van der Waals surface area contributed by atoms with Gasteiger partial charge in [-0.05, 0) is 12.1 Å². The molecule has 0 fully saturated rings. The summed E-state index contributed by atoms with van der Waals surface area (Å²) < 4.78 is 11.2. The topological polar surface area (TPSA) is 170 Å². The lowest BCUT2D eigenvalue weighted by molar-refractivity contribution is -0.384. The Kier molecular flexibility index (Phi) is 6.80. The van der Waals surface area contributed by atoms with E-state index in [1.54, 1.807) is 6.92 Å². The second-order valence-electron chi connectivity index (χ2n) is 5.14. The van der Waals surface area contributed by atoms with Crippen molar-refractivity contribution in [2.45, 2.75) is 13.5 Å². The van der Waals surface area contributed by atoms with Gasteiger partial charge in [-0.25, -0.2) is 0 Å². The molecule has 0 bridgehead atoms. The second kappa shape index (κ2) is 8.02. The van der Waals surface area contributed by atoms with Crippen LogP contribution in [0.25, 0.3) is 11.0 Å².